The molecule has 1 fully saturated rings. The molecule has 0 amide bonds. The fraction of sp³-hybridized carbons (Fsp3) is 0.879. The summed E-state index contributed by atoms with van der Waals surface area (Å²) in [5.74, 6) is 0.183. The molecule has 0 aromatic heterocycles. The summed E-state index contributed by atoms with van der Waals surface area (Å²) in [6.07, 6.45) is 25.8. The monoisotopic (exact) mass is 552 g/mol. The van der Waals surface area contributed by atoms with Crippen LogP contribution in [0.1, 0.15) is 149 Å². The van der Waals surface area contributed by atoms with Crippen LogP contribution in [0.5, 0.6) is 0 Å². The quantitative estimate of drug-likeness (QED) is 0.0478. The molecule has 6 nitrogen and oxygen atoms in total. The van der Waals surface area contributed by atoms with Crippen molar-refractivity contribution in [2.24, 2.45) is 5.92 Å². The van der Waals surface area contributed by atoms with E-state index in [2.05, 4.69) is 32.9 Å². The summed E-state index contributed by atoms with van der Waals surface area (Å²) in [5.41, 5.74) is 0. The van der Waals surface area contributed by atoms with Gasteiger partial charge >= 0.3 is 11.9 Å². The number of allylic oxidation sites excluding steroid dienone is 1. The van der Waals surface area contributed by atoms with E-state index in [4.69, 9.17) is 14.2 Å². The van der Waals surface area contributed by atoms with Crippen molar-refractivity contribution in [3.8, 4) is 0 Å². The summed E-state index contributed by atoms with van der Waals surface area (Å²) in [5, 5.41) is 9.94. The lowest BCUT2D eigenvalue weighted by Crippen LogP contribution is -2.25. The van der Waals surface area contributed by atoms with Crippen LogP contribution < -0.4 is 0 Å². The highest BCUT2D eigenvalue weighted by Crippen LogP contribution is 2.30. The summed E-state index contributed by atoms with van der Waals surface area (Å²) < 4.78 is 16.0. The van der Waals surface area contributed by atoms with E-state index in [1.165, 1.54) is 57.8 Å². The Hall–Kier alpha value is -1.40. The predicted molar refractivity (Wildman–Crippen MR) is 159 cm³/mol. The number of hydrogen-bond donors (Lipinski definition) is 1. The summed E-state index contributed by atoms with van der Waals surface area (Å²) in [4.78, 5) is 23.7. The third-order valence-corrected chi connectivity index (χ3v) is 7.35. The maximum Gasteiger partial charge on any atom is 0.305 e. The minimum Gasteiger partial charge on any atom is -0.463 e. The summed E-state index contributed by atoms with van der Waals surface area (Å²) >= 11 is 0. The average Bonchev–Trinajstić information content (AvgIpc) is 3.66. The van der Waals surface area contributed by atoms with E-state index < -0.39 is 6.10 Å². The van der Waals surface area contributed by atoms with Crippen molar-refractivity contribution in [1.29, 1.82) is 0 Å². The van der Waals surface area contributed by atoms with Crippen molar-refractivity contribution in [1.82, 2.24) is 0 Å². The molecule has 0 bridgehead atoms. The van der Waals surface area contributed by atoms with Crippen molar-refractivity contribution >= 4 is 11.9 Å². The largest absolute Gasteiger partial charge is 0.463 e. The van der Waals surface area contributed by atoms with Gasteiger partial charge in [0.15, 0.2) is 0 Å². The first-order chi connectivity index (χ1) is 18.9. The van der Waals surface area contributed by atoms with Gasteiger partial charge < -0.3 is 19.3 Å². The highest BCUT2D eigenvalue weighted by molar-refractivity contribution is 5.69. The topological polar surface area (TPSA) is 85.4 Å². The lowest BCUT2D eigenvalue weighted by atomic mass is 10.0. The Morgan fingerprint density at radius 2 is 1.31 bits per heavy atom. The molecule has 2 unspecified atom stereocenters. The van der Waals surface area contributed by atoms with E-state index in [1.54, 1.807) is 0 Å². The molecule has 3 atom stereocenters. The van der Waals surface area contributed by atoms with Crippen LogP contribution in [-0.2, 0) is 23.8 Å². The maximum absolute atomic E-state index is 11.9. The zero-order valence-corrected chi connectivity index (χ0v) is 25.5. The van der Waals surface area contributed by atoms with Gasteiger partial charge in [-0.15, -0.1) is 0 Å². The maximum atomic E-state index is 11.9. The van der Waals surface area contributed by atoms with Crippen LogP contribution in [0.15, 0.2) is 12.2 Å². The fourth-order valence-electron chi connectivity index (χ4n) is 4.75. The molecule has 0 radical (unpaired) electrons. The number of carbonyl (C=O) groups is 2. The summed E-state index contributed by atoms with van der Waals surface area (Å²) in [6.45, 7) is 6.49. The lowest BCUT2D eigenvalue weighted by Gasteiger charge is -2.12. The number of aliphatic hydroxyl groups excluding tert-OH is 1. The average molecular weight is 553 g/mol. The first kappa shape index (κ1) is 35.6. The Labute approximate surface area is 239 Å². The second-order valence-corrected chi connectivity index (χ2v) is 11.8. The Kier molecular flexibility index (Phi) is 22.3. The highest BCUT2D eigenvalue weighted by atomic mass is 16.6. The Bertz CT molecular complexity index is 632. The molecule has 1 saturated heterocycles. The number of aliphatic hydroxyl groups is 1. The second kappa shape index (κ2) is 24.4. The van der Waals surface area contributed by atoms with E-state index in [0.29, 0.717) is 25.0 Å². The molecule has 0 aromatic carbocycles. The highest BCUT2D eigenvalue weighted by Gasteiger charge is 2.36. The van der Waals surface area contributed by atoms with Crippen LogP contribution in [0.3, 0.4) is 0 Å². The number of ether oxygens (including phenoxy) is 3. The fourth-order valence-corrected chi connectivity index (χ4v) is 4.75. The predicted octanol–water partition coefficient (Wildman–Crippen LogP) is 8.24. The van der Waals surface area contributed by atoms with Crippen molar-refractivity contribution in [3.63, 3.8) is 0 Å². The normalized spacial score (nSPS) is 17.6. The van der Waals surface area contributed by atoms with E-state index in [1.807, 2.05) is 0 Å². The van der Waals surface area contributed by atoms with E-state index in [-0.39, 0.29) is 25.2 Å². The molecule has 0 spiro atoms. The third-order valence-electron chi connectivity index (χ3n) is 7.35. The third kappa shape index (κ3) is 23.0. The van der Waals surface area contributed by atoms with Gasteiger partial charge in [0, 0.05) is 12.8 Å². The number of rotatable bonds is 27. The molecule has 0 aliphatic carbocycles. The van der Waals surface area contributed by atoms with Crippen LogP contribution in [-0.4, -0.2) is 48.6 Å². The van der Waals surface area contributed by atoms with Gasteiger partial charge in [0.2, 0.25) is 0 Å². The smallest absolute Gasteiger partial charge is 0.305 e. The van der Waals surface area contributed by atoms with Crippen molar-refractivity contribution < 1.29 is 28.9 Å². The standard InChI is InChI=1S/C33H60O6/c1-4-5-6-7-12-17-22-30-31(39-30)23-18-13-10-15-20-25-33(36)38-27-29(34)26-37-32(35)24-19-14-9-8-11-16-21-28(2)3/h12,17,28-31,34H,4-11,13-16,18-27H2,1-3H3/b17-12-/t29-,30?,31?/m1/s1. The molecular weight excluding hydrogens is 492 g/mol. The molecule has 0 saturated carbocycles. The molecule has 39 heavy (non-hydrogen) atoms. The molecule has 0 aromatic rings. The molecule has 1 heterocycles. The van der Waals surface area contributed by atoms with Gasteiger partial charge in [-0.2, -0.15) is 0 Å². The van der Waals surface area contributed by atoms with E-state index in [9.17, 15) is 14.7 Å². The minimum absolute atomic E-state index is 0.123. The van der Waals surface area contributed by atoms with Crippen LogP contribution in [0.25, 0.3) is 0 Å². The first-order valence-electron chi connectivity index (χ1n) is 16.2. The van der Waals surface area contributed by atoms with Crippen molar-refractivity contribution in [3.05, 3.63) is 12.2 Å². The zero-order chi connectivity index (χ0) is 28.6. The molecule has 1 aliphatic heterocycles. The molecular formula is C33H60O6. The summed E-state index contributed by atoms with van der Waals surface area (Å²) in [6, 6.07) is 0. The lowest BCUT2D eigenvalue weighted by molar-refractivity contribution is -0.152. The Balaban J connectivity index is 1.86. The van der Waals surface area contributed by atoms with Crippen molar-refractivity contribution in [2.45, 2.75) is 167 Å². The van der Waals surface area contributed by atoms with Crippen LogP contribution in [0.4, 0.5) is 0 Å². The molecule has 1 aliphatic rings. The molecule has 1 N–H and O–H groups in total. The number of esters is 2. The molecule has 6 heteroatoms. The number of hydrogen-bond acceptors (Lipinski definition) is 6. The minimum atomic E-state index is -0.969. The van der Waals surface area contributed by atoms with Gasteiger partial charge in [-0.25, -0.2) is 0 Å². The van der Waals surface area contributed by atoms with E-state index in [0.717, 1.165) is 63.7 Å². The summed E-state index contributed by atoms with van der Waals surface area (Å²) in [7, 11) is 0. The Morgan fingerprint density at radius 3 is 1.90 bits per heavy atom. The number of epoxide rings is 1. The van der Waals surface area contributed by atoms with Gasteiger partial charge in [0.05, 0.1) is 12.2 Å². The van der Waals surface area contributed by atoms with Gasteiger partial charge in [0.25, 0.3) is 0 Å². The second-order valence-electron chi connectivity index (χ2n) is 11.8. The SMILES string of the molecule is CCCCC/C=C\CC1OC1CCCCCCCC(=O)OC[C@H](O)COC(=O)CCCCCCCCC(C)C. The van der Waals surface area contributed by atoms with Crippen molar-refractivity contribution in [2.75, 3.05) is 13.2 Å². The van der Waals surface area contributed by atoms with Gasteiger partial charge in [0.1, 0.15) is 19.3 Å². The first-order valence-corrected chi connectivity index (χ1v) is 16.2. The van der Waals surface area contributed by atoms with Gasteiger partial charge in [-0.05, 0) is 44.4 Å². The van der Waals surface area contributed by atoms with Crippen LogP contribution in [0, 0.1) is 5.92 Å². The Morgan fingerprint density at radius 1 is 0.744 bits per heavy atom. The van der Waals surface area contributed by atoms with Crippen LogP contribution >= 0.6 is 0 Å². The number of unbranched alkanes of at least 4 members (excludes halogenated alkanes) is 12. The van der Waals surface area contributed by atoms with Gasteiger partial charge in [-0.1, -0.05) is 110 Å². The zero-order valence-electron chi connectivity index (χ0n) is 25.5. The van der Waals surface area contributed by atoms with Crippen LogP contribution in [0.2, 0.25) is 0 Å². The number of carbonyl (C=O) groups excluding carboxylic acids is 2. The van der Waals surface area contributed by atoms with E-state index >= 15 is 0 Å². The van der Waals surface area contributed by atoms with Gasteiger partial charge in [-0.3, -0.25) is 9.59 Å². The molecule has 1 rings (SSSR count). The molecule has 228 valence electrons.